The van der Waals surface area contributed by atoms with Gasteiger partial charge in [-0.05, 0) is 31.3 Å². The van der Waals surface area contributed by atoms with Crippen molar-refractivity contribution in [3.63, 3.8) is 0 Å². The number of halogens is 1. The van der Waals surface area contributed by atoms with Crippen molar-refractivity contribution in [1.82, 2.24) is 4.90 Å². The van der Waals surface area contributed by atoms with Gasteiger partial charge in [-0.15, -0.1) is 0 Å². The summed E-state index contributed by atoms with van der Waals surface area (Å²) in [5.74, 6) is 2.34. The van der Waals surface area contributed by atoms with Gasteiger partial charge in [-0.25, -0.2) is 0 Å². The van der Waals surface area contributed by atoms with Gasteiger partial charge in [0.05, 0.1) is 0 Å². The Bertz CT molecular complexity index is 714. The lowest BCUT2D eigenvalue weighted by Crippen LogP contribution is -2.30. The number of para-hydroxylation sites is 1. The van der Waals surface area contributed by atoms with Gasteiger partial charge in [0.1, 0.15) is 11.5 Å². The monoisotopic (exact) mass is 299 g/mol. The largest absolute Gasteiger partial charge is 0.457 e. The molecule has 2 heterocycles. The number of ether oxygens (including phenoxy) is 1. The van der Waals surface area contributed by atoms with Crippen LogP contribution in [0.15, 0.2) is 42.5 Å². The molecule has 0 amide bonds. The highest BCUT2D eigenvalue weighted by atomic mass is 35.5. The van der Waals surface area contributed by atoms with Crippen LogP contribution in [0, 0.1) is 0 Å². The molecule has 1 fully saturated rings. The Kier molecular flexibility index (Phi) is 2.82. The first kappa shape index (κ1) is 13.2. The zero-order valence-corrected chi connectivity index (χ0v) is 13.0. The van der Waals surface area contributed by atoms with Crippen LogP contribution < -0.4 is 4.74 Å². The molecule has 2 nitrogen and oxygen atoms in total. The van der Waals surface area contributed by atoms with Gasteiger partial charge in [0.25, 0.3) is 0 Å². The second-order valence-electron chi connectivity index (χ2n) is 6.45. The van der Waals surface area contributed by atoms with Crippen LogP contribution >= 0.6 is 11.6 Å². The minimum Gasteiger partial charge on any atom is -0.457 e. The number of hydrogen-bond donors (Lipinski definition) is 0. The van der Waals surface area contributed by atoms with Crippen molar-refractivity contribution in [3.8, 4) is 11.5 Å². The summed E-state index contributed by atoms with van der Waals surface area (Å²) in [6, 6.07) is 14.4. The molecule has 0 aliphatic carbocycles. The molecule has 0 N–H and O–H groups in total. The van der Waals surface area contributed by atoms with Crippen molar-refractivity contribution in [2.75, 3.05) is 20.1 Å². The van der Waals surface area contributed by atoms with Crippen LogP contribution in [-0.4, -0.2) is 25.0 Å². The highest BCUT2D eigenvalue weighted by molar-refractivity contribution is 6.30. The van der Waals surface area contributed by atoms with Crippen molar-refractivity contribution < 1.29 is 4.74 Å². The van der Waals surface area contributed by atoms with Gasteiger partial charge in [-0.2, -0.15) is 0 Å². The molecule has 4 rings (SSSR count). The standard InChI is InChI=1S/C18H18ClNO/c1-18-11-20(2)10-15(18)13-5-3-4-6-16(13)21-17-8-7-12(19)9-14(17)18/h3-9,15H,10-11H2,1-2H3/t15-,18-/m0/s1. The average Bonchev–Trinajstić information content (AvgIpc) is 2.73. The number of nitrogens with zero attached hydrogens (tertiary/aromatic N) is 1. The van der Waals surface area contributed by atoms with Crippen LogP contribution in [0.3, 0.4) is 0 Å². The minimum absolute atomic E-state index is 0.0294. The Morgan fingerprint density at radius 2 is 2.00 bits per heavy atom. The molecule has 2 aromatic carbocycles. The van der Waals surface area contributed by atoms with Gasteiger partial charge >= 0.3 is 0 Å². The van der Waals surface area contributed by atoms with Crippen LogP contribution in [0.25, 0.3) is 0 Å². The lowest BCUT2D eigenvalue weighted by Gasteiger charge is -2.30. The van der Waals surface area contributed by atoms with Crippen LogP contribution in [0.1, 0.15) is 24.0 Å². The van der Waals surface area contributed by atoms with Gasteiger partial charge in [0.15, 0.2) is 0 Å². The highest BCUT2D eigenvalue weighted by Crippen LogP contribution is 2.53. The molecule has 0 aromatic heterocycles. The van der Waals surface area contributed by atoms with E-state index in [1.165, 1.54) is 11.1 Å². The second-order valence-corrected chi connectivity index (χ2v) is 6.88. The van der Waals surface area contributed by atoms with E-state index in [1.807, 2.05) is 18.2 Å². The Morgan fingerprint density at radius 3 is 2.86 bits per heavy atom. The van der Waals surface area contributed by atoms with Crippen molar-refractivity contribution >= 4 is 11.6 Å². The summed E-state index contributed by atoms with van der Waals surface area (Å²) in [7, 11) is 2.19. The zero-order chi connectivity index (χ0) is 14.6. The fraction of sp³-hybridized carbons (Fsp3) is 0.333. The minimum atomic E-state index is 0.0294. The van der Waals surface area contributed by atoms with Gasteiger partial charge in [-0.3, -0.25) is 0 Å². The predicted octanol–water partition coefficient (Wildman–Crippen LogP) is 4.43. The quantitative estimate of drug-likeness (QED) is 0.713. The number of rotatable bonds is 0. The van der Waals surface area contributed by atoms with Crippen LogP contribution in [0.5, 0.6) is 11.5 Å². The highest BCUT2D eigenvalue weighted by Gasteiger charge is 2.47. The molecule has 0 bridgehead atoms. The fourth-order valence-electron chi connectivity index (χ4n) is 3.98. The number of likely N-dealkylation sites (tertiary alicyclic amines) is 1. The van der Waals surface area contributed by atoms with Crippen molar-refractivity contribution in [1.29, 1.82) is 0 Å². The lowest BCUT2D eigenvalue weighted by molar-refractivity contribution is 0.375. The maximum absolute atomic E-state index is 6.26. The van der Waals surface area contributed by atoms with E-state index >= 15 is 0 Å². The number of benzene rings is 2. The van der Waals surface area contributed by atoms with Gasteiger partial charge in [0, 0.05) is 40.6 Å². The molecule has 0 spiro atoms. The zero-order valence-electron chi connectivity index (χ0n) is 12.3. The average molecular weight is 300 g/mol. The molecule has 0 unspecified atom stereocenters. The van der Waals surface area contributed by atoms with Gasteiger partial charge < -0.3 is 9.64 Å². The molecule has 0 saturated carbocycles. The topological polar surface area (TPSA) is 12.5 Å². The summed E-state index contributed by atoms with van der Waals surface area (Å²) in [6.07, 6.45) is 0. The molecule has 2 aliphatic heterocycles. The van der Waals surface area contributed by atoms with Crippen LogP contribution in [0.2, 0.25) is 5.02 Å². The first-order chi connectivity index (χ1) is 10.1. The van der Waals surface area contributed by atoms with Crippen molar-refractivity contribution in [2.24, 2.45) is 0 Å². The molecule has 2 aliphatic rings. The van der Waals surface area contributed by atoms with E-state index in [0.717, 1.165) is 29.6 Å². The van der Waals surface area contributed by atoms with E-state index in [9.17, 15) is 0 Å². The molecule has 0 radical (unpaired) electrons. The Balaban J connectivity index is 2.00. The SMILES string of the molecule is CN1C[C@H]2c3ccccc3Oc3ccc(Cl)cc3[C@]2(C)C1. The van der Waals surface area contributed by atoms with Crippen LogP contribution in [-0.2, 0) is 5.41 Å². The summed E-state index contributed by atoms with van der Waals surface area (Å²) in [5, 5.41) is 0.776. The van der Waals surface area contributed by atoms with E-state index in [1.54, 1.807) is 0 Å². The summed E-state index contributed by atoms with van der Waals surface area (Å²) in [5.41, 5.74) is 2.55. The Labute approximate surface area is 130 Å². The summed E-state index contributed by atoms with van der Waals surface area (Å²) in [6.45, 7) is 4.40. The molecular formula is C18H18ClNO. The van der Waals surface area contributed by atoms with E-state index < -0.39 is 0 Å². The molecule has 2 atom stereocenters. The first-order valence-corrected chi connectivity index (χ1v) is 7.71. The third-order valence-electron chi connectivity index (χ3n) is 4.93. The Morgan fingerprint density at radius 1 is 1.19 bits per heavy atom. The Hall–Kier alpha value is -1.51. The maximum Gasteiger partial charge on any atom is 0.131 e. The normalized spacial score (nSPS) is 27.3. The lowest BCUT2D eigenvalue weighted by atomic mass is 9.71. The van der Waals surface area contributed by atoms with Gasteiger partial charge in [-0.1, -0.05) is 36.7 Å². The van der Waals surface area contributed by atoms with Crippen molar-refractivity contribution in [3.05, 3.63) is 58.6 Å². The van der Waals surface area contributed by atoms with Crippen LogP contribution in [0.4, 0.5) is 0 Å². The molecule has 3 heteroatoms. The molecule has 21 heavy (non-hydrogen) atoms. The predicted molar refractivity (Wildman–Crippen MR) is 85.6 cm³/mol. The van der Waals surface area contributed by atoms with E-state index in [4.69, 9.17) is 16.3 Å². The third-order valence-corrected chi connectivity index (χ3v) is 5.17. The second kappa shape index (κ2) is 4.49. The summed E-state index contributed by atoms with van der Waals surface area (Å²) in [4.78, 5) is 2.40. The summed E-state index contributed by atoms with van der Waals surface area (Å²) >= 11 is 6.26. The molecule has 108 valence electrons. The molecule has 2 aromatic rings. The third kappa shape index (κ3) is 1.90. The number of likely N-dealkylation sites (N-methyl/N-ethyl adjacent to an activating group) is 1. The smallest absolute Gasteiger partial charge is 0.131 e. The van der Waals surface area contributed by atoms with Crippen molar-refractivity contribution in [2.45, 2.75) is 18.3 Å². The van der Waals surface area contributed by atoms with Gasteiger partial charge in [0.2, 0.25) is 0 Å². The summed E-state index contributed by atoms with van der Waals surface area (Å²) < 4.78 is 6.22. The van der Waals surface area contributed by atoms with E-state index in [2.05, 4.69) is 43.1 Å². The number of fused-ring (bicyclic) bond motifs is 5. The van der Waals surface area contributed by atoms with E-state index in [-0.39, 0.29) is 5.41 Å². The molecular weight excluding hydrogens is 282 g/mol. The molecule has 1 saturated heterocycles. The maximum atomic E-state index is 6.26. The van der Waals surface area contributed by atoms with E-state index in [0.29, 0.717) is 5.92 Å². The first-order valence-electron chi connectivity index (χ1n) is 7.33. The number of hydrogen-bond acceptors (Lipinski definition) is 2. The fourth-order valence-corrected chi connectivity index (χ4v) is 4.15.